The maximum absolute atomic E-state index is 13.3. The Morgan fingerprint density at radius 2 is 1.91 bits per heavy atom. The molecule has 2 atom stereocenters. The predicted molar refractivity (Wildman–Crippen MR) is 119 cm³/mol. The normalized spacial score (nSPS) is 19.1. The summed E-state index contributed by atoms with van der Waals surface area (Å²) in [5.74, 6) is -1.55. The van der Waals surface area contributed by atoms with E-state index < -0.39 is 33.9 Å². The van der Waals surface area contributed by atoms with E-state index in [0.717, 1.165) is 24.3 Å². The largest absolute Gasteiger partial charge is 0.507 e. The molecule has 3 N–H and O–H groups in total. The fourth-order valence-corrected chi connectivity index (χ4v) is 4.69. The van der Waals surface area contributed by atoms with Gasteiger partial charge in [-0.1, -0.05) is 17.7 Å². The Labute approximate surface area is 197 Å². The van der Waals surface area contributed by atoms with Gasteiger partial charge in [0, 0.05) is 35.2 Å². The highest BCUT2D eigenvalue weighted by molar-refractivity contribution is 6.34. The van der Waals surface area contributed by atoms with Crippen LogP contribution in [0.5, 0.6) is 11.5 Å². The summed E-state index contributed by atoms with van der Waals surface area (Å²) < 4.78 is 45.7. The van der Waals surface area contributed by atoms with Crippen molar-refractivity contribution < 1.29 is 32.9 Å². The molecule has 1 aromatic heterocycles. The molecule has 1 saturated heterocycles. The van der Waals surface area contributed by atoms with Gasteiger partial charge < -0.3 is 24.6 Å². The Morgan fingerprint density at radius 1 is 1.21 bits per heavy atom. The van der Waals surface area contributed by atoms with Crippen molar-refractivity contribution >= 4 is 35.0 Å². The van der Waals surface area contributed by atoms with Crippen LogP contribution in [0.25, 0.3) is 22.3 Å². The third kappa shape index (κ3) is 4.26. The van der Waals surface area contributed by atoms with Gasteiger partial charge in [0.25, 0.3) is 0 Å². The third-order valence-electron chi connectivity index (χ3n) is 5.95. The number of hydrogen-bond donors (Lipinski definition) is 3. The highest BCUT2D eigenvalue weighted by Crippen LogP contribution is 2.45. The lowest BCUT2D eigenvalue weighted by Gasteiger charge is -2.24. The molecule has 178 valence electrons. The van der Waals surface area contributed by atoms with E-state index in [1.54, 1.807) is 7.05 Å². The molecule has 3 aromatic rings. The van der Waals surface area contributed by atoms with Crippen molar-refractivity contribution in [1.82, 2.24) is 4.90 Å². The quantitative estimate of drug-likeness (QED) is 0.475. The molecule has 1 aliphatic heterocycles. The summed E-state index contributed by atoms with van der Waals surface area (Å²) in [5.41, 5.74) is -1.91. The van der Waals surface area contributed by atoms with Crippen LogP contribution < -0.4 is 5.43 Å². The lowest BCUT2D eigenvalue weighted by molar-refractivity contribution is -0.137. The second kappa shape index (κ2) is 9.06. The summed E-state index contributed by atoms with van der Waals surface area (Å²) >= 11 is 6.01. The number of rotatable bonds is 3. The number of aliphatic hydroxyl groups excluding tert-OH is 1. The van der Waals surface area contributed by atoms with Gasteiger partial charge in [-0.2, -0.15) is 13.2 Å². The first-order valence-corrected chi connectivity index (χ1v) is 10.1. The van der Waals surface area contributed by atoms with Gasteiger partial charge in [-0.3, -0.25) is 4.79 Å². The smallest absolute Gasteiger partial charge is 0.417 e. The minimum atomic E-state index is -4.71. The van der Waals surface area contributed by atoms with Gasteiger partial charge in [0.1, 0.15) is 28.2 Å². The van der Waals surface area contributed by atoms with E-state index in [2.05, 4.69) is 0 Å². The minimum absolute atomic E-state index is 0. The first-order valence-electron chi connectivity index (χ1n) is 9.74. The second-order valence-corrected chi connectivity index (χ2v) is 8.18. The van der Waals surface area contributed by atoms with Gasteiger partial charge in [0.05, 0.1) is 17.2 Å². The molecule has 0 aliphatic carbocycles. The van der Waals surface area contributed by atoms with Gasteiger partial charge in [-0.15, -0.1) is 12.4 Å². The van der Waals surface area contributed by atoms with Crippen molar-refractivity contribution in [3.63, 3.8) is 0 Å². The van der Waals surface area contributed by atoms with Gasteiger partial charge >= 0.3 is 6.18 Å². The van der Waals surface area contributed by atoms with Crippen LogP contribution >= 0.6 is 24.0 Å². The summed E-state index contributed by atoms with van der Waals surface area (Å²) in [6, 6.07) is 4.83. The molecule has 0 bridgehead atoms. The Balaban J connectivity index is 0.00000306. The highest BCUT2D eigenvalue weighted by Gasteiger charge is 2.37. The number of hydrogen-bond acceptors (Lipinski definition) is 6. The van der Waals surface area contributed by atoms with Crippen LogP contribution in [-0.2, 0) is 6.18 Å². The molecule has 0 radical (unpaired) electrons. The SMILES string of the molecule is CN1CCC(c2c(O)cc(O)c3c(=O)cc(-c4cccc(C(F)(F)F)c4Cl)oc23)C1CO.Cl. The van der Waals surface area contributed by atoms with Gasteiger partial charge in [0.15, 0.2) is 5.43 Å². The summed E-state index contributed by atoms with van der Waals surface area (Å²) in [7, 11) is 1.80. The molecular weight excluding hydrogens is 486 g/mol. The van der Waals surface area contributed by atoms with E-state index in [1.165, 1.54) is 6.07 Å². The van der Waals surface area contributed by atoms with E-state index >= 15 is 0 Å². The van der Waals surface area contributed by atoms with Crippen LogP contribution in [0.2, 0.25) is 5.02 Å². The number of likely N-dealkylation sites (N-methyl/N-ethyl adjacent to an activating group) is 1. The highest BCUT2D eigenvalue weighted by atomic mass is 35.5. The lowest BCUT2D eigenvalue weighted by atomic mass is 9.89. The van der Waals surface area contributed by atoms with E-state index in [-0.39, 0.29) is 58.7 Å². The molecule has 1 aliphatic rings. The minimum Gasteiger partial charge on any atom is -0.507 e. The summed E-state index contributed by atoms with van der Waals surface area (Å²) in [4.78, 5) is 14.7. The van der Waals surface area contributed by atoms with Crippen molar-refractivity contribution in [2.45, 2.75) is 24.6 Å². The number of phenolic OH excluding ortho intramolecular Hbond substituents is 2. The first-order chi connectivity index (χ1) is 15.0. The van der Waals surface area contributed by atoms with E-state index in [4.69, 9.17) is 16.0 Å². The monoisotopic (exact) mass is 505 g/mol. The first kappa shape index (κ1) is 25.2. The van der Waals surface area contributed by atoms with Crippen LogP contribution in [0.4, 0.5) is 13.2 Å². The Kier molecular flexibility index (Phi) is 6.91. The van der Waals surface area contributed by atoms with Gasteiger partial charge in [-0.25, -0.2) is 0 Å². The summed E-state index contributed by atoms with van der Waals surface area (Å²) in [6.45, 7) is 0.368. The zero-order valence-corrected chi connectivity index (χ0v) is 18.8. The number of phenols is 2. The predicted octanol–water partition coefficient (Wildman–Crippen LogP) is 4.75. The number of aromatic hydroxyl groups is 2. The van der Waals surface area contributed by atoms with E-state index in [9.17, 15) is 33.3 Å². The third-order valence-corrected chi connectivity index (χ3v) is 6.36. The molecule has 2 heterocycles. The molecule has 0 saturated carbocycles. The average molecular weight is 506 g/mol. The molecule has 33 heavy (non-hydrogen) atoms. The molecule has 4 rings (SSSR count). The molecule has 2 unspecified atom stereocenters. The second-order valence-electron chi connectivity index (χ2n) is 7.80. The van der Waals surface area contributed by atoms with Gasteiger partial charge in [0.2, 0.25) is 0 Å². The van der Waals surface area contributed by atoms with Crippen LogP contribution in [-0.4, -0.2) is 46.5 Å². The van der Waals surface area contributed by atoms with Crippen LogP contribution in [0.1, 0.15) is 23.5 Å². The zero-order chi connectivity index (χ0) is 23.4. The van der Waals surface area contributed by atoms with Crippen molar-refractivity contribution in [1.29, 1.82) is 0 Å². The van der Waals surface area contributed by atoms with Crippen LogP contribution in [0.15, 0.2) is 39.5 Å². The number of fused-ring (bicyclic) bond motifs is 1. The number of alkyl halides is 3. The van der Waals surface area contributed by atoms with Crippen molar-refractivity contribution in [3.8, 4) is 22.8 Å². The fraction of sp³-hybridized carbons (Fsp3) is 0.318. The maximum atomic E-state index is 13.3. The van der Waals surface area contributed by atoms with Gasteiger partial charge in [-0.05, 0) is 32.1 Å². The number of likely N-dealkylation sites (tertiary alicyclic amines) is 1. The molecule has 0 amide bonds. The van der Waals surface area contributed by atoms with E-state index in [0.29, 0.717) is 13.0 Å². The van der Waals surface area contributed by atoms with Crippen molar-refractivity contribution in [2.24, 2.45) is 0 Å². The fourth-order valence-electron chi connectivity index (χ4n) is 4.37. The standard InChI is InChI=1S/C22H19ClF3NO5.ClH/c1-27-6-5-10(13(27)9-28)18-14(29)7-15(30)19-16(31)8-17(32-21(18)19)11-3-2-4-12(20(11)23)22(24,25)26;/h2-4,7-8,10,13,28-30H,5-6,9H2,1H3;1H. The van der Waals surface area contributed by atoms with Crippen molar-refractivity contribution in [3.05, 3.63) is 56.7 Å². The molecule has 11 heteroatoms. The Hall–Kier alpha value is -2.46. The summed E-state index contributed by atoms with van der Waals surface area (Å²) in [5, 5.41) is 29.9. The van der Waals surface area contributed by atoms with Crippen molar-refractivity contribution in [2.75, 3.05) is 20.2 Å². The topological polar surface area (TPSA) is 94.1 Å². The molecule has 0 spiro atoms. The Morgan fingerprint density at radius 3 is 2.55 bits per heavy atom. The lowest BCUT2D eigenvalue weighted by Crippen LogP contribution is -2.32. The van der Waals surface area contributed by atoms with Crippen LogP contribution in [0.3, 0.4) is 0 Å². The summed E-state index contributed by atoms with van der Waals surface area (Å²) in [6.07, 6.45) is -4.19. The number of nitrogens with zero attached hydrogens (tertiary/aromatic N) is 1. The molecule has 2 aromatic carbocycles. The Bertz CT molecular complexity index is 1260. The van der Waals surface area contributed by atoms with E-state index in [1.807, 2.05) is 4.90 Å². The number of benzene rings is 2. The molecular formula is C22H20Cl2F3NO5. The number of halogens is 5. The molecule has 6 nitrogen and oxygen atoms in total. The number of aliphatic hydroxyl groups is 1. The average Bonchev–Trinajstić information content (AvgIpc) is 3.06. The molecule has 1 fully saturated rings. The maximum Gasteiger partial charge on any atom is 0.417 e. The van der Waals surface area contributed by atoms with Crippen LogP contribution in [0, 0.1) is 0 Å². The zero-order valence-electron chi connectivity index (χ0n) is 17.2.